The van der Waals surface area contributed by atoms with Crippen LogP contribution < -0.4 is 10.6 Å². The van der Waals surface area contributed by atoms with Gasteiger partial charge in [-0.25, -0.2) is 0 Å². The third-order valence-corrected chi connectivity index (χ3v) is 3.39. The molecule has 0 aromatic heterocycles. The molecule has 16 heavy (non-hydrogen) atoms. The van der Waals surface area contributed by atoms with E-state index in [2.05, 4.69) is 29.5 Å². The van der Waals surface area contributed by atoms with Gasteiger partial charge in [-0.05, 0) is 33.0 Å². The Bertz CT molecular complexity index is 232. The van der Waals surface area contributed by atoms with Gasteiger partial charge in [-0.1, -0.05) is 13.8 Å². The number of nitrogens with zero attached hydrogens (tertiary/aromatic N) is 1. The predicted molar refractivity (Wildman–Crippen MR) is 66.3 cm³/mol. The molecule has 1 aliphatic heterocycles. The molecule has 3 unspecified atom stereocenters. The molecule has 0 saturated carbocycles. The average molecular weight is 227 g/mol. The standard InChI is InChI=1S/C12H25N3O/c1-9(7-13-3)12(16)14-11-5-6-15(4)8-10(11)2/h9-11,13H,5-8H2,1-4H3,(H,14,16). The Morgan fingerprint density at radius 3 is 2.81 bits per heavy atom. The molecule has 0 radical (unpaired) electrons. The molecular weight excluding hydrogens is 202 g/mol. The van der Waals surface area contributed by atoms with Crippen LogP contribution in [0.1, 0.15) is 20.3 Å². The second-order valence-electron chi connectivity index (χ2n) is 5.10. The van der Waals surface area contributed by atoms with E-state index in [0.717, 1.165) is 26.1 Å². The first-order valence-electron chi connectivity index (χ1n) is 6.18. The number of likely N-dealkylation sites (tertiary alicyclic amines) is 1. The zero-order valence-corrected chi connectivity index (χ0v) is 10.9. The van der Waals surface area contributed by atoms with Crippen molar-refractivity contribution in [3.05, 3.63) is 0 Å². The van der Waals surface area contributed by atoms with Gasteiger partial charge in [0.2, 0.25) is 5.91 Å². The van der Waals surface area contributed by atoms with Crippen LogP contribution in [0.25, 0.3) is 0 Å². The van der Waals surface area contributed by atoms with E-state index in [9.17, 15) is 4.79 Å². The van der Waals surface area contributed by atoms with E-state index in [1.807, 2.05) is 14.0 Å². The Morgan fingerprint density at radius 2 is 2.25 bits per heavy atom. The van der Waals surface area contributed by atoms with Gasteiger partial charge < -0.3 is 15.5 Å². The van der Waals surface area contributed by atoms with Gasteiger partial charge in [-0.2, -0.15) is 0 Å². The van der Waals surface area contributed by atoms with Crippen molar-refractivity contribution in [2.45, 2.75) is 26.3 Å². The molecule has 1 heterocycles. The van der Waals surface area contributed by atoms with Crippen LogP contribution in [0.3, 0.4) is 0 Å². The zero-order valence-electron chi connectivity index (χ0n) is 10.9. The average Bonchev–Trinajstić information content (AvgIpc) is 2.22. The first-order valence-corrected chi connectivity index (χ1v) is 6.18. The molecule has 0 spiro atoms. The van der Waals surface area contributed by atoms with E-state index >= 15 is 0 Å². The first-order chi connectivity index (χ1) is 7.54. The fraction of sp³-hybridized carbons (Fsp3) is 0.917. The van der Waals surface area contributed by atoms with E-state index in [-0.39, 0.29) is 11.8 Å². The van der Waals surface area contributed by atoms with Crippen molar-refractivity contribution >= 4 is 5.91 Å². The highest BCUT2D eigenvalue weighted by Crippen LogP contribution is 2.15. The first kappa shape index (κ1) is 13.5. The van der Waals surface area contributed by atoms with Crippen LogP contribution in [0.15, 0.2) is 0 Å². The number of rotatable bonds is 4. The summed E-state index contributed by atoms with van der Waals surface area (Å²) in [5, 5.41) is 6.20. The SMILES string of the molecule is CNCC(C)C(=O)NC1CCN(C)CC1C. The number of carbonyl (C=O) groups is 1. The van der Waals surface area contributed by atoms with Gasteiger partial charge in [-0.15, -0.1) is 0 Å². The van der Waals surface area contributed by atoms with Gasteiger partial charge in [0, 0.05) is 25.0 Å². The molecule has 1 fully saturated rings. The number of amides is 1. The molecule has 0 aromatic rings. The Kier molecular flexibility index (Phi) is 5.22. The highest BCUT2D eigenvalue weighted by atomic mass is 16.1. The highest BCUT2D eigenvalue weighted by Gasteiger charge is 2.26. The van der Waals surface area contributed by atoms with Gasteiger partial charge in [0.05, 0.1) is 0 Å². The summed E-state index contributed by atoms with van der Waals surface area (Å²) >= 11 is 0. The van der Waals surface area contributed by atoms with E-state index in [0.29, 0.717) is 12.0 Å². The van der Waals surface area contributed by atoms with Crippen LogP contribution in [0.5, 0.6) is 0 Å². The Labute approximate surface area is 98.8 Å². The zero-order chi connectivity index (χ0) is 12.1. The summed E-state index contributed by atoms with van der Waals surface area (Å²) in [6.45, 7) is 7.07. The van der Waals surface area contributed by atoms with Crippen molar-refractivity contribution in [1.29, 1.82) is 0 Å². The summed E-state index contributed by atoms with van der Waals surface area (Å²) in [7, 11) is 4.01. The number of nitrogens with one attached hydrogen (secondary N) is 2. The Balaban J connectivity index is 2.38. The quantitative estimate of drug-likeness (QED) is 0.726. The maximum absolute atomic E-state index is 11.9. The molecule has 1 amide bonds. The summed E-state index contributed by atoms with van der Waals surface area (Å²) in [5.41, 5.74) is 0. The molecule has 4 heteroatoms. The van der Waals surface area contributed by atoms with Crippen LogP contribution in [0.2, 0.25) is 0 Å². The van der Waals surface area contributed by atoms with Gasteiger partial charge in [0.15, 0.2) is 0 Å². The smallest absolute Gasteiger partial charge is 0.224 e. The summed E-state index contributed by atoms with van der Waals surface area (Å²) in [6.07, 6.45) is 1.07. The number of hydrogen-bond acceptors (Lipinski definition) is 3. The lowest BCUT2D eigenvalue weighted by Crippen LogP contribution is -2.50. The van der Waals surface area contributed by atoms with Crippen LogP contribution in [0.4, 0.5) is 0 Å². The Morgan fingerprint density at radius 1 is 1.56 bits per heavy atom. The minimum absolute atomic E-state index is 0.0526. The van der Waals surface area contributed by atoms with Crippen molar-refractivity contribution in [3.63, 3.8) is 0 Å². The number of carbonyl (C=O) groups excluding carboxylic acids is 1. The molecule has 2 N–H and O–H groups in total. The third-order valence-electron chi connectivity index (χ3n) is 3.39. The van der Waals surface area contributed by atoms with E-state index < -0.39 is 0 Å². The second kappa shape index (κ2) is 6.21. The van der Waals surface area contributed by atoms with Crippen LogP contribution in [-0.2, 0) is 4.79 Å². The van der Waals surface area contributed by atoms with E-state index in [1.54, 1.807) is 0 Å². The fourth-order valence-electron chi connectivity index (χ4n) is 2.29. The van der Waals surface area contributed by atoms with Gasteiger partial charge in [0.1, 0.15) is 0 Å². The summed E-state index contributed by atoms with van der Waals surface area (Å²) in [5.74, 6) is 0.775. The molecule has 3 atom stereocenters. The van der Waals surface area contributed by atoms with E-state index in [1.165, 1.54) is 0 Å². The summed E-state index contributed by atoms with van der Waals surface area (Å²) < 4.78 is 0. The topological polar surface area (TPSA) is 44.4 Å². The summed E-state index contributed by atoms with van der Waals surface area (Å²) in [6, 6.07) is 0.350. The fourth-order valence-corrected chi connectivity index (χ4v) is 2.29. The normalized spacial score (nSPS) is 28.8. The van der Waals surface area contributed by atoms with Crippen LogP contribution in [0, 0.1) is 11.8 Å². The number of piperidine rings is 1. The predicted octanol–water partition coefficient (Wildman–Crippen LogP) is 0.298. The highest BCUT2D eigenvalue weighted by molar-refractivity contribution is 5.78. The maximum atomic E-state index is 11.9. The summed E-state index contributed by atoms with van der Waals surface area (Å²) in [4.78, 5) is 14.2. The second-order valence-corrected chi connectivity index (χ2v) is 5.10. The van der Waals surface area contributed by atoms with Crippen molar-refractivity contribution in [2.75, 3.05) is 33.7 Å². The van der Waals surface area contributed by atoms with Crippen molar-refractivity contribution in [2.24, 2.45) is 11.8 Å². The maximum Gasteiger partial charge on any atom is 0.224 e. The number of hydrogen-bond donors (Lipinski definition) is 2. The van der Waals surface area contributed by atoms with Crippen molar-refractivity contribution < 1.29 is 4.79 Å². The van der Waals surface area contributed by atoms with Gasteiger partial charge in [-0.3, -0.25) is 4.79 Å². The van der Waals surface area contributed by atoms with Gasteiger partial charge in [0.25, 0.3) is 0 Å². The molecule has 0 aliphatic carbocycles. The van der Waals surface area contributed by atoms with Gasteiger partial charge >= 0.3 is 0 Å². The molecular formula is C12H25N3O. The molecule has 1 aliphatic rings. The largest absolute Gasteiger partial charge is 0.353 e. The molecule has 4 nitrogen and oxygen atoms in total. The molecule has 0 aromatic carbocycles. The lowest BCUT2D eigenvalue weighted by Gasteiger charge is -2.35. The lowest BCUT2D eigenvalue weighted by molar-refractivity contribution is -0.125. The monoisotopic (exact) mass is 227 g/mol. The molecule has 94 valence electrons. The third kappa shape index (κ3) is 3.76. The minimum Gasteiger partial charge on any atom is -0.353 e. The molecule has 1 saturated heterocycles. The van der Waals surface area contributed by atoms with Crippen molar-refractivity contribution in [3.8, 4) is 0 Å². The lowest BCUT2D eigenvalue weighted by atomic mass is 9.93. The van der Waals surface area contributed by atoms with Crippen LogP contribution >= 0.6 is 0 Å². The molecule has 0 bridgehead atoms. The molecule has 1 rings (SSSR count). The van der Waals surface area contributed by atoms with E-state index in [4.69, 9.17) is 0 Å². The minimum atomic E-state index is 0.0526. The Hall–Kier alpha value is -0.610. The van der Waals surface area contributed by atoms with Crippen molar-refractivity contribution in [1.82, 2.24) is 15.5 Å². The van der Waals surface area contributed by atoms with Crippen LogP contribution in [-0.4, -0.2) is 50.6 Å².